The molecule has 0 aliphatic rings. The zero-order valence-corrected chi connectivity index (χ0v) is 12.5. The highest BCUT2D eigenvalue weighted by atomic mass is 79.9. The molecule has 0 aliphatic carbocycles. The minimum Gasteiger partial charge on any atom is -0.493 e. The van der Waals surface area contributed by atoms with Crippen molar-refractivity contribution in [3.63, 3.8) is 0 Å². The van der Waals surface area contributed by atoms with Crippen molar-refractivity contribution in [1.82, 2.24) is 0 Å². The summed E-state index contributed by atoms with van der Waals surface area (Å²) in [5.41, 5.74) is 0.339. The van der Waals surface area contributed by atoms with Crippen LogP contribution >= 0.6 is 15.9 Å². The lowest BCUT2D eigenvalue weighted by atomic mass is 10.0. The molecule has 0 radical (unpaired) electrons. The number of benzene rings is 2. The Kier molecular flexibility index (Phi) is 4.39. The Morgan fingerprint density at radius 3 is 2.40 bits per heavy atom. The van der Waals surface area contributed by atoms with Gasteiger partial charge in [-0.15, -0.1) is 0 Å². The van der Waals surface area contributed by atoms with Crippen LogP contribution in [0, 0.1) is 5.82 Å². The van der Waals surface area contributed by atoms with Crippen molar-refractivity contribution in [2.75, 3.05) is 14.2 Å². The maximum absolute atomic E-state index is 13.7. The van der Waals surface area contributed by atoms with Crippen LogP contribution in [0.2, 0.25) is 0 Å². The molecule has 2 aromatic carbocycles. The number of ether oxygens (including phenoxy) is 2. The van der Waals surface area contributed by atoms with E-state index < -0.39 is 11.6 Å². The van der Waals surface area contributed by atoms with Crippen LogP contribution in [0.3, 0.4) is 0 Å². The Balaban J connectivity index is 2.45. The summed E-state index contributed by atoms with van der Waals surface area (Å²) >= 11 is 3.22. The summed E-state index contributed by atoms with van der Waals surface area (Å²) in [6.45, 7) is 0. The van der Waals surface area contributed by atoms with Gasteiger partial charge in [0, 0.05) is 10.0 Å². The molecule has 0 atom stereocenters. The average Bonchev–Trinajstić information content (AvgIpc) is 2.48. The fraction of sp³-hybridized carbons (Fsp3) is 0.133. The fourth-order valence-electron chi connectivity index (χ4n) is 1.80. The third kappa shape index (κ3) is 2.82. The van der Waals surface area contributed by atoms with E-state index in [4.69, 9.17) is 9.47 Å². The maximum atomic E-state index is 13.7. The minimum atomic E-state index is -0.562. The van der Waals surface area contributed by atoms with Crippen LogP contribution in [0.25, 0.3) is 0 Å². The number of carbonyl (C=O) groups is 1. The number of halogens is 2. The Labute approximate surface area is 124 Å². The molecule has 5 heteroatoms. The number of hydrogen-bond acceptors (Lipinski definition) is 3. The minimum absolute atomic E-state index is 0.00611. The molecule has 0 fully saturated rings. The normalized spacial score (nSPS) is 10.2. The third-order valence-electron chi connectivity index (χ3n) is 2.82. The lowest BCUT2D eigenvalue weighted by molar-refractivity contribution is 0.103. The molecule has 0 heterocycles. The van der Waals surface area contributed by atoms with E-state index >= 15 is 0 Å². The van der Waals surface area contributed by atoms with E-state index in [0.29, 0.717) is 21.5 Å². The van der Waals surface area contributed by atoms with Gasteiger partial charge in [-0.25, -0.2) is 4.39 Å². The molecule has 0 amide bonds. The second-order valence-corrected chi connectivity index (χ2v) is 4.94. The van der Waals surface area contributed by atoms with Gasteiger partial charge in [-0.1, -0.05) is 15.9 Å². The van der Waals surface area contributed by atoms with Crippen LogP contribution in [-0.2, 0) is 0 Å². The Hall–Kier alpha value is -1.88. The Bertz CT molecular complexity index is 656. The largest absolute Gasteiger partial charge is 0.493 e. The van der Waals surface area contributed by atoms with Crippen LogP contribution in [0.4, 0.5) is 4.39 Å². The first kappa shape index (κ1) is 14.5. The molecule has 0 saturated heterocycles. The summed E-state index contributed by atoms with van der Waals surface area (Å²) in [5.74, 6) is -0.0368. The van der Waals surface area contributed by atoms with E-state index in [9.17, 15) is 9.18 Å². The molecule has 3 nitrogen and oxygen atoms in total. The number of carbonyl (C=O) groups excluding carboxylic acids is 1. The van der Waals surface area contributed by atoms with Gasteiger partial charge in [-0.05, 0) is 36.4 Å². The topological polar surface area (TPSA) is 35.5 Å². The standard InChI is InChI=1S/C15H12BrFO3/c1-19-13-6-3-9(7-14(13)20-2)15(18)11-8-10(16)4-5-12(11)17/h3-8H,1-2H3. The monoisotopic (exact) mass is 338 g/mol. The molecule has 0 bridgehead atoms. The van der Waals surface area contributed by atoms with Gasteiger partial charge in [0.15, 0.2) is 17.3 Å². The van der Waals surface area contributed by atoms with Gasteiger partial charge >= 0.3 is 0 Å². The quantitative estimate of drug-likeness (QED) is 0.794. The van der Waals surface area contributed by atoms with Gasteiger partial charge in [0.1, 0.15) is 5.82 Å². The highest BCUT2D eigenvalue weighted by Crippen LogP contribution is 2.29. The summed E-state index contributed by atoms with van der Waals surface area (Å²) in [5, 5.41) is 0. The van der Waals surface area contributed by atoms with Gasteiger partial charge in [0.05, 0.1) is 19.8 Å². The molecule has 0 N–H and O–H groups in total. The van der Waals surface area contributed by atoms with E-state index in [2.05, 4.69) is 15.9 Å². The van der Waals surface area contributed by atoms with E-state index in [1.807, 2.05) is 0 Å². The van der Waals surface area contributed by atoms with Gasteiger partial charge < -0.3 is 9.47 Å². The lowest BCUT2D eigenvalue weighted by Gasteiger charge is -2.09. The van der Waals surface area contributed by atoms with Crippen molar-refractivity contribution < 1.29 is 18.7 Å². The van der Waals surface area contributed by atoms with Crippen LogP contribution in [0.15, 0.2) is 40.9 Å². The van der Waals surface area contributed by atoms with Crippen LogP contribution in [0.1, 0.15) is 15.9 Å². The zero-order valence-electron chi connectivity index (χ0n) is 10.9. The summed E-state index contributed by atoms with van der Waals surface area (Å²) < 4.78 is 24.6. The van der Waals surface area contributed by atoms with Crippen molar-refractivity contribution in [3.8, 4) is 11.5 Å². The molecule has 2 aromatic rings. The highest BCUT2D eigenvalue weighted by molar-refractivity contribution is 9.10. The molecule has 0 aromatic heterocycles. The van der Waals surface area contributed by atoms with Crippen LogP contribution in [0.5, 0.6) is 11.5 Å². The van der Waals surface area contributed by atoms with Crippen LogP contribution < -0.4 is 9.47 Å². The van der Waals surface area contributed by atoms with Gasteiger partial charge in [-0.2, -0.15) is 0 Å². The first-order valence-electron chi connectivity index (χ1n) is 5.78. The van der Waals surface area contributed by atoms with Crippen molar-refractivity contribution >= 4 is 21.7 Å². The first-order chi connectivity index (χ1) is 9.56. The molecule has 20 heavy (non-hydrogen) atoms. The zero-order chi connectivity index (χ0) is 14.7. The Morgan fingerprint density at radius 2 is 1.75 bits per heavy atom. The molecular formula is C15H12BrFO3. The smallest absolute Gasteiger partial charge is 0.196 e. The Morgan fingerprint density at radius 1 is 1.05 bits per heavy atom. The van der Waals surface area contributed by atoms with E-state index in [1.165, 1.54) is 32.4 Å². The molecule has 0 aliphatic heterocycles. The second kappa shape index (κ2) is 6.05. The average molecular weight is 339 g/mol. The number of ketones is 1. The third-order valence-corrected chi connectivity index (χ3v) is 3.31. The number of methoxy groups -OCH3 is 2. The maximum Gasteiger partial charge on any atom is 0.196 e. The molecule has 2 rings (SSSR count). The molecular weight excluding hydrogens is 327 g/mol. The molecule has 0 saturated carbocycles. The number of hydrogen-bond donors (Lipinski definition) is 0. The van der Waals surface area contributed by atoms with E-state index in [-0.39, 0.29) is 5.56 Å². The summed E-state index contributed by atoms with van der Waals surface area (Å²) in [6.07, 6.45) is 0. The summed E-state index contributed by atoms with van der Waals surface area (Å²) in [6, 6.07) is 8.96. The van der Waals surface area contributed by atoms with Crippen molar-refractivity contribution in [2.24, 2.45) is 0 Å². The summed E-state index contributed by atoms with van der Waals surface area (Å²) in [4.78, 5) is 12.3. The van der Waals surface area contributed by atoms with Crippen LogP contribution in [-0.4, -0.2) is 20.0 Å². The van der Waals surface area contributed by atoms with Crippen molar-refractivity contribution in [1.29, 1.82) is 0 Å². The fourth-order valence-corrected chi connectivity index (χ4v) is 2.17. The predicted octanol–water partition coefficient (Wildman–Crippen LogP) is 3.84. The van der Waals surface area contributed by atoms with Gasteiger partial charge in [0.2, 0.25) is 0 Å². The van der Waals surface area contributed by atoms with E-state index in [0.717, 1.165) is 0 Å². The molecule has 0 spiro atoms. The van der Waals surface area contributed by atoms with Crippen molar-refractivity contribution in [3.05, 3.63) is 57.8 Å². The van der Waals surface area contributed by atoms with E-state index in [1.54, 1.807) is 18.2 Å². The second-order valence-electron chi connectivity index (χ2n) is 4.02. The first-order valence-corrected chi connectivity index (χ1v) is 6.58. The summed E-state index contributed by atoms with van der Waals surface area (Å²) in [7, 11) is 2.99. The van der Waals surface area contributed by atoms with Crippen molar-refractivity contribution in [2.45, 2.75) is 0 Å². The highest BCUT2D eigenvalue weighted by Gasteiger charge is 2.16. The predicted molar refractivity (Wildman–Crippen MR) is 77.1 cm³/mol. The number of rotatable bonds is 4. The van der Waals surface area contributed by atoms with Gasteiger partial charge in [0.25, 0.3) is 0 Å². The van der Waals surface area contributed by atoms with Gasteiger partial charge in [-0.3, -0.25) is 4.79 Å². The molecule has 0 unspecified atom stereocenters. The lowest BCUT2D eigenvalue weighted by Crippen LogP contribution is -2.05. The molecule has 104 valence electrons. The SMILES string of the molecule is COc1ccc(C(=O)c2cc(Br)ccc2F)cc1OC.